The molecule has 0 saturated heterocycles. The predicted octanol–water partition coefficient (Wildman–Crippen LogP) is 2.30. The summed E-state index contributed by atoms with van der Waals surface area (Å²) in [6.45, 7) is 2.90. The van der Waals surface area contributed by atoms with Gasteiger partial charge in [0.25, 0.3) is 11.8 Å². The maximum atomic E-state index is 13.2. The first-order chi connectivity index (χ1) is 16.7. The van der Waals surface area contributed by atoms with Crippen molar-refractivity contribution in [2.24, 2.45) is 0 Å². The monoisotopic (exact) mass is 481 g/mol. The van der Waals surface area contributed by atoms with Crippen LogP contribution in [0, 0.1) is 5.82 Å². The summed E-state index contributed by atoms with van der Waals surface area (Å²) >= 11 is 0. The number of halogens is 1. The lowest BCUT2D eigenvalue weighted by Crippen LogP contribution is -2.50. The van der Waals surface area contributed by atoms with Crippen LogP contribution < -0.4 is 15.5 Å². The van der Waals surface area contributed by atoms with Crippen LogP contribution in [0.1, 0.15) is 44.9 Å². The van der Waals surface area contributed by atoms with Gasteiger partial charge < -0.3 is 20.1 Å². The average molecular weight is 481 g/mol. The highest BCUT2D eigenvalue weighted by atomic mass is 19.1. The summed E-state index contributed by atoms with van der Waals surface area (Å²) in [5.74, 6) is -3.30. The fourth-order valence-corrected chi connectivity index (χ4v) is 3.81. The number of imide groups is 1. The van der Waals surface area contributed by atoms with Crippen LogP contribution in [0.4, 0.5) is 14.9 Å². The fraction of sp³-hybridized carbons (Fsp3) is 0.208. The fourth-order valence-electron chi connectivity index (χ4n) is 3.81. The second kappa shape index (κ2) is 9.37. The molecular weight excluding hydrogens is 461 g/mol. The zero-order chi connectivity index (χ0) is 25.3. The minimum absolute atomic E-state index is 0.0102. The second-order valence-electron chi connectivity index (χ2n) is 7.69. The molecule has 11 heteroatoms. The molecule has 1 atom stereocenters. The lowest BCUT2D eigenvalue weighted by Gasteiger charge is -2.26. The Morgan fingerprint density at radius 1 is 0.971 bits per heavy atom. The Morgan fingerprint density at radius 3 is 2.34 bits per heavy atom. The van der Waals surface area contributed by atoms with Gasteiger partial charge in [-0.3, -0.25) is 9.59 Å². The number of anilines is 1. The van der Waals surface area contributed by atoms with Crippen molar-refractivity contribution in [3.05, 3.63) is 76.2 Å². The Kier molecular flexibility index (Phi) is 6.32. The lowest BCUT2D eigenvalue weighted by atomic mass is 10.0. The van der Waals surface area contributed by atoms with Gasteiger partial charge in [0, 0.05) is 0 Å². The summed E-state index contributed by atoms with van der Waals surface area (Å²) < 4.78 is 23.5. The highest BCUT2D eigenvalue weighted by Gasteiger charge is 2.37. The Bertz CT molecular complexity index is 1290. The van der Waals surface area contributed by atoms with Crippen molar-refractivity contribution >= 4 is 35.5 Å². The summed E-state index contributed by atoms with van der Waals surface area (Å²) in [7, 11) is 0. The number of rotatable bonds is 6. The highest BCUT2D eigenvalue weighted by Crippen LogP contribution is 2.29. The number of nitrogens with one attached hydrogen (secondary N) is 2. The van der Waals surface area contributed by atoms with Gasteiger partial charge in [-0.25, -0.2) is 23.7 Å². The molecule has 2 aliphatic heterocycles. The SMILES string of the molecule is CCOC(=O)C1=C(COC(=O)c2ccc3c(c2)C(=O)N(c2ccc(F)cc2)C3=O)NC(=O)N[C@H]1C. The van der Waals surface area contributed by atoms with Gasteiger partial charge in [-0.2, -0.15) is 0 Å². The summed E-state index contributed by atoms with van der Waals surface area (Å²) in [6, 6.07) is 7.49. The quantitative estimate of drug-likeness (QED) is 0.478. The van der Waals surface area contributed by atoms with Gasteiger partial charge in [0.15, 0.2) is 0 Å². The number of urea groups is 1. The van der Waals surface area contributed by atoms with E-state index in [0.717, 1.165) is 17.0 Å². The molecule has 0 aromatic heterocycles. The van der Waals surface area contributed by atoms with Crippen molar-refractivity contribution in [1.82, 2.24) is 10.6 Å². The predicted molar refractivity (Wildman–Crippen MR) is 119 cm³/mol. The Hall–Kier alpha value is -4.54. The maximum Gasteiger partial charge on any atom is 0.338 e. The zero-order valence-electron chi connectivity index (χ0n) is 18.7. The molecule has 0 saturated carbocycles. The van der Waals surface area contributed by atoms with Crippen LogP contribution in [0.2, 0.25) is 0 Å². The summed E-state index contributed by atoms with van der Waals surface area (Å²) in [5.41, 5.74) is 0.437. The number of esters is 2. The molecule has 0 bridgehead atoms. The van der Waals surface area contributed by atoms with Crippen LogP contribution in [0.15, 0.2) is 53.7 Å². The smallest absolute Gasteiger partial charge is 0.338 e. The van der Waals surface area contributed by atoms with E-state index in [9.17, 15) is 28.4 Å². The Labute approximate surface area is 198 Å². The van der Waals surface area contributed by atoms with Gasteiger partial charge in [0.05, 0.1) is 46.3 Å². The summed E-state index contributed by atoms with van der Waals surface area (Å²) in [6.07, 6.45) is 0. The molecule has 35 heavy (non-hydrogen) atoms. The van der Waals surface area contributed by atoms with E-state index in [4.69, 9.17) is 9.47 Å². The van der Waals surface area contributed by atoms with Crippen molar-refractivity contribution in [3.8, 4) is 0 Å². The maximum absolute atomic E-state index is 13.2. The van der Waals surface area contributed by atoms with Crippen molar-refractivity contribution in [2.75, 3.05) is 18.1 Å². The molecule has 2 aliphatic rings. The standard InChI is InChI=1S/C24H20FN3O7/c1-3-34-23(32)19-12(2)26-24(33)27-18(19)11-35-22(31)13-4-9-16-17(10-13)21(30)28(20(16)29)15-7-5-14(25)6-8-15/h4-10,12H,3,11H2,1-2H3,(H2,26,27,33)/t12-/m0/s1. The Morgan fingerprint density at radius 2 is 1.66 bits per heavy atom. The van der Waals surface area contributed by atoms with Crippen molar-refractivity contribution in [2.45, 2.75) is 19.9 Å². The number of carbonyl (C=O) groups is 5. The number of hydrogen-bond donors (Lipinski definition) is 2. The molecule has 0 fully saturated rings. The topological polar surface area (TPSA) is 131 Å². The zero-order valence-corrected chi connectivity index (χ0v) is 18.7. The third-order valence-corrected chi connectivity index (χ3v) is 5.42. The van der Waals surface area contributed by atoms with E-state index in [2.05, 4.69) is 10.6 Å². The number of hydrogen-bond acceptors (Lipinski definition) is 7. The number of carbonyl (C=O) groups excluding carboxylic acids is 5. The van der Waals surface area contributed by atoms with Gasteiger partial charge in [0.2, 0.25) is 0 Å². The van der Waals surface area contributed by atoms with E-state index in [1.807, 2.05) is 0 Å². The minimum atomic E-state index is -0.843. The number of ether oxygens (including phenoxy) is 2. The first-order valence-electron chi connectivity index (χ1n) is 10.6. The first-order valence-corrected chi connectivity index (χ1v) is 10.6. The molecule has 180 valence electrons. The minimum Gasteiger partial charge on any atom is -0.463 e. The third kappa shape index (κ3) is 4.47. The highest BCUT2D eigenvalue weighted by molar-refractivity contribution is 6.34. The number of benzene rings is 2. The third-order valence-electron chi connectivity index (χ3n) is 5.42. The van der Waals surface area contributed by atoms with E-state index in [0.29, 0.717) is 0 Å². The Balaban J connectivity index is 1.54. The van der Waals surface area contributed by atoms with Crippen molar-refractivity contribution in [3.63, 3.8) is 0 Å². The molecule has 2 heterocycles. The molecule has 4 amide bonds. The van der Waals surface area contributed by atoms with Gasteiger partial charge in [-0.1, -0.05) is 0 Å². The number of nitrogens with zero attached hydrogens (tertiary/aromatic N) is 1. The molecule has 2 aromatic rings. The molecule has 0 spiro atoms. The lowest BCUT2D eigenvalue weighted by molar-refractivity contribution is -0.139. The van der Waals surface area contributed by atoms with Crippen LogP contribution in [-0.2, 0) is 14.3 Å². The molecule has 10 nitrogen and oxygen atoms in total. The van der Waals surface area contributed by atoms with Gasteiger partial charge in [0.1, 0.15) is 12.4 Å². The largest absolute Gasteiger partial charge is 0.463 e. The molecule has 4 rings (SSSR count). The molecule has 2 N–H and O–H groups in total. The van der Waals surface area contributed by atoms with Crippen molar-refractivity contribution in [1.29, 1.82) is 0 Å². The van der Waals surface area contributed by atoms with Crippen molar-refractivity contribution < 1.29 is 37.8 Å². The molecule has 0 radical (unpaired) electrons. The van der Waals surface area contributed by atoms with E-state index in [1.54, 1.807) is 13.8 Å². The molecule has 0 unspecified atom stereocenters. The van der Waals surface area contributed by atoms with Gasteiger partial charge in [-0.15, -0.1) is 0 Å². The van der Waals surface area contributed by atoms with Gasteiger partial charge >= 0.3 is 18.0 Å². The summed E-state index contributed by atoms with van der Waals surface area (Å²) in [4.78, 5) is 63.3. The van der Waals surface area contributed by atoms with E-state index in [1.165, 1.54) is 30.3 Å². The second-order valence-corrected chi connectivity index (χ2v) is 7.69. The van der Waals surface area contributed by atoms with Crippen LogP contribution in [0.3, 0.4) is 0 Å². The summed E-state index contributed by atoms with van der Waals surface area (Å²) in [5, 5.41) is 4.98. The first kappa shape index (κ1) is 23.6. The molecule has 0 aliphatic carbocycles. The van der Waals surface area contributed by atoms with Crippen LogP contribution in [-0.4, -0.2) is 49.0 Å². The number of amides is 4. The molecule has 2 aromatic carbocycles. The average Bonchev–Trinajstić information content (AvgIpc) is 3.07. The normalized spacial score (nSPS) is 17.1. The van der Waals surface area contributed by atoms with Gasteiger partial charge in [-0.05, 0) is 56.3 Å². The van der Waals surface area contributed by atoms with Crippen LogP contribution >= 0.6 is 0 Å². The number of fused-ring (bicyclic) bond motifs is 1. The van der Waals surface area contributed by atoms with E-state index >= 15 is 0 Å². The van der Waals surface area contributed by atoms with E-state index < -0.39 is 48.3 Å². The van der Waals surface area contributed by atoms with E-state index in [-0.39, 0.29) is 40.3 Å². The molecular formula is C24H20FN3O7. The van der Waals surface area contributed by atoms with Crippen LogP contribution in [0.25, 0.3) is 0 Å². The van der Waals surface area contributed by atoms with Crippen LogP contribution in [0.5, 0.6) is 0 Å².